The Morgan fingerprint density at radius 3 is 2.67 bits per heavy atom. The third-order valence-corrected chi connectivity index (χ3v) is 2.10. The van der Waals surface area contributed by atoms with Crippen LogP contribution in [0.4, 0.5) is 13.2 Å². The van der Waals surface area contributed by atoms with Gasteiger partial charge in [-0.25, -0.2) is 9.97 Å². The number of nitrogens with zero attached hydrogens (tertiary/aromatic N) is 2. The molecule has 0 aromatic carbocycles. The number of halogens is 3. The van der Waals surface area contributed by atoms with Crippen molar-refractivity contribution in [3.8, 4) is 0 Å². The molecular formula is C11H16F3N3O. The summed E-state index contributed by atoms with van der Waals surface area (Å²) in [5, 5.41) is 3.02. The van der Waals surface area contributed by atoms with Gasteiger partial charge in [-0.05, 0) is 13.0 Å². The van der Waals surface area contributed by atoms with E-state index < -0.39 is 12.6 Å². The van der Waals surface area contributed by atoms with Crippen LogP contribution in [-0.2, 0) is 17.7 Å². The molecule has 1 N–H and O–H groups in total. The normalized spacial score (nSPS) is 11.8. The number of methoxy groups -OCH3 is 1. The molecule has 0 spiro atoms. The van der Waals surface area contributed by atoms with Gasteiger partial charge in [-0.15, -0.1) is 0 Å². The third kappa shape index (κ3) is 5.92. The standard InChI is InChI=1S/C11H16F3N3O/c1-8-5-9(7-15-3-4-18-2)17-10(16-8)6-11(12,13)14/h5,15H,3-4,6-7H2,1-2H3. The maximum atomic E-state index is 12.2. The Bertz CT molecular complexity index is 382. The fourth-order valence-electron chi connectivity index (χ4n) is 1.44. The summed E-state index contributed by atoms with van der Waals surface area (Å²) in [5.74, 6) is -0.189. The minimum Gasteiger partial charge on any atom is -0.383 e. The van der Waals surface area contributed by atoms with Gasteiger partial charge in [0.15, 0.2) is 0 Å². The zero-order valence-electron chi connectivity index (χ0n) is 10.3. The van der Waals surface area contributed by atoms with Gasteiger partial charge in [0.25, 0.3) is 0 Å². The number of nitrogens with one attached hydrogen (secondary N) is 1. The molecule has 0 fully saturated rings. The second kappa shape index (κ2) is 6.65. The number of hydrogen-bond donors (Lipinski definition) is 1. The Hall–Kier alpha value is -1.21. The summed E-state index contributed by atoms with van der Waals surface area (Å²) < 4.78 is 41.6. The summed E-state index contributed by atoms with van der Waals surface area (Å²) >= 11 is 0. The molecule has 0 amide bonds. The molecule has 1 aromatic rings. The first-order valence-corrected chi connectivity index (χ1v) is 5.50. The molecule has 7 heteroatoms. The first kappa shape index (κ1) is 14.8. The highest BCUT2D eigenvalue weighted by Gasteiger charge is 2.29. The maximum Gasteiger partial charge on any atom is 0.396 e. The average Bonchev–Trinajstić information content (AvgIpc) is 2.21. The molecule has 0 atom stereocenters. The maximum absolute atomic E-state index is 12.2. The lowest BCUT2D eigenvalue weighted by Crippen LogP contribution is -2.21. The van der Waals surface area contributed by atoms with E-state index in [1.165, 1.54) is 0 Å². The molecule has 18 heavy (non-hydrogen) atoms. The Labute approximate surface area is 104 Å². The van der Waals surface area contributed by atoms with Gasteiger partial charge in [-0.2, -0.15) is 13.2 Å². The first-order chi connectivity index (χ1) is 8.40. The molecule has 0 saturated carbocycles. The number of aromatic nitrogens is 2. The van der Waals surface area contributed by atoms with Gasteiger partial charge in [-0.1, -0.05) is 0 Å². The van der Waals surface area contributed by atoms with E-state index >= 15 is 0 Å². The molecule has 1 heterocycles. The fraction of sp³-hybridized carbons (Fsp3) is 0.636. The predicted octanol–water partition coefficient (Wildman–Crippen LogP) is 1.63. The van der Waals surface area contributed by atoms with Crippen LogP contribution in [0, 0.1) is 6.92 Å². The van der Waals surface area contributed by atoms with Crippen LogP contribution in [0.3, 0.4) is 0 Å². The highest BCUT2D eigenvalue weighted by molar-refractivity contribution is 5.10. The lowest BCUT2D eigenvalue weighted by Gasteiger charge is -2.09. The van der Waals surface area contributed by atoms with Crippen molar-refractivity contribution >= 4 is 0 Å². The van der Waals surface area contributed by atoms with Crippen molar-refractivity contribution in [3.05, 3.63) is 23.3 Å². The van der Waals surface area contributed by atoms with E-state index in [0.717, 1.165) is 0 Å². The summed E-state index contributed by atoms with van der Waals surface area (Å²) in [6.45, 7) is 3.21. The second-order valence-electron chi connectivity index (χ2n) is 3.88. The van der Waals surface area contributed by atoms with Gasteiger partial charge in [-0.3, -0.25) is 0 Å². The predicted molar refractivity (Wildman–Crippen MR) is 60.1 cm³/mol. The molecule has 0 bridgehead atoms. The van der Waals surface area contributed by atoms with Crippen LogP contribution < -0.4 is 5.32 Å². The molecule has 0 aliphatic heterocycles. The van der Waals surface area contributed by atoms with Crippen LogP contribution in [0.2, 0.25) is 0 Å². The Kier molecular flexibility index (Phi) is 5.49. The van der Waals surface area contributed by atoms with Crippen LogP contribution in [0.1, 0.15) is 17.2 Å². The van der Waals surface area contributed by atoms with Gasteiger partial charge in [0.1, 0.15) is 12.2 Å². The topological polar surface area (TPSA) is 47.0 Å². The zero-order valence-corrected chi connectivity index (χ0v) is 10.3. The minimum absolute atomic E-state index is 0.189. The lowest BCUT2D eigenvalue weighted by atomic mass is 10.3. The molecule has 0 saturated heterocycles. The summed E-state index contributed by atoms with van der Waals surface area (Å²) in [4.78, 5) is 7.66. The second-order valence-corrected chi connectivity index (χ2v) is 3.88. The quantitative estimate of drug-likeness (QED) is 0.792. The van der Waals surface area contributed by atoms with Gasteiger partial charge in [0, 0.05) is 25.9 Å². The summed E-state index contributed by atoms with van der Waals surface area (Å²) in [6.07, 6.45) is -5.38. The van der Waals surface area contributed by atoms with E-state index in [2.05, 4.69) is 15.3 Å². The number of alkyl halides is 3. The Balaban J connectivity index is 2.63. The zero-order chi connectivity index (χ0) is 13.6. The number of ether oxygens (including phenoxy) is 1. The van der Waals surface area contributed by atoms with Crippen molar-refractivity contribution in [3.63, 3.8) is 0 Å². The summed E-state index contributed by atoms with van der Waals surface area (Å²) in [6, 6.07) is 1.67. The molecule has 0 aliphatic carbocycles. The summed E-state index contributed by atoms with van der Waals surface area (Å²) in [7, 11) is 1.58. The van der Waals surface area contributed by atoms with Crippen LogP contribution in [-0.4, -0.2) is 36.4 Å². The monoisotopic (exact) mass is 263 g/mol. The van der Waals surface area contributed by atoms with Crippen molar-refractivity contribution in [2.75, 3.05) is 20.3 Å². The number of rotatable bonds is 6. The molecule has 1 aromatic heterocycles. The SMILES string of the molecule is COCCNCc1cc(C)nc(CC(F)(F)F)n1. The van der Waals surface area contributed by atoms with E-state index in [4.69, 9.17) is 4.74 Å². The van der Waals surface area contributed by atoms with Gasteiger partial charge in [0.05, 0.1) is 12.3 Å². The largest absolute Gasteiger partial charge is 0.396 e. The van der Waals surface area contributed by atoms with Crippen LogP contribution in [0.25, 0.3) is 0 Å². The van der Waals surface area contributed by atoms with E-state index in [9.17, 15) is 13.2 Å². The van der Waals surface area contributed by atoms with Crippen LogP contribution in [0.5, 0.6) is 0 Å². The first-order valence-electron chi connectivity index (χ1n) is 5.50. The molecule has 0 radical (unpaired) electrons. The van der Waals surface area contributed by atoms with Crippen molar-refractivity contribution in [2.24, 2.45) is 0 Å². The fourth-order valence-corrected chi connectivity index (χ4v) is 1.44. The van der Waals surface area contributed by atoms with Gasteiger partial charge in [0.2, 0.25) is 0 Å². The average molecular weight is 263 g/mol. The van der Waals surface area contributed by atoms with E-state index in [1.807, 2.05) is 0 Å². The highest BCUT2D eigenvalue weighted by atomic mass is 19.4. The minimum atomic E-state index is -4.28. The number of aryl methyl sites for hydroxylation is 1. The molecule has 4 nitrogen and oxygen atoms in total. The van der Waals surface area contributed by atoms with Crippen molar-refractivity contribution in [1.82, 2.24) is 15.3 Å². The highest BCUT2D eigenvalue weighted by Crippen LogP contribution is 2.19. The molecule has 1 rings (SSSR count). The van der Waals surface area contributed by atoms with Gasteiger partial charge < -0.3 is 10.1 Å². The molecule has 0 aliphatic rings. The molecular weight excluding hydrogens is 247 g/mol. The van der Waals surface area contributed by atoms with Crippen molar-refractivity contribution in [2.45, 2.75) is 26.1 Å². The van der Waals surface area contributed by atoms with E-state index in [1.54, 1.807) is 20.1 Å². The van der Waals surface area contributed by atoms with Crippen LogP contribution in [0.15, 0.2) is 6.07 Å². The van der Waals surface area contributed by atoms with E-state index in [-0.39, 0.29) is 5.82 Å². The molecule has 0 unspecified atom stereocenters. The van der Waals surface area contributed by atoms with Crippen molar-refractivity contribution < 1.29 is 17.9 Å². The van der Waals surface area contributed by atoms with E-state index in [0.29, 0.717) is 31.1 Å². The smallest absolute Gasteiger partial charge is 0.383 e. The Morgan fingerprint density at radius 1 is 1.33 bits per heavy atom. The van der Waals surface area contributed by atoms with Gasteiger partial charge >= 0.3 is 6.18 Å². The lowest BCUT2D eigenvalue weighted by molar-refractivity contribution is -0.128. The summed E-state index contributed by atoms with van der Waals surface area (Å²) in [5.41, 5.74) is 1.09. The van der Waals surface area contributed by atoms with Crippen molar-refractivity contribution in [1.29, 1.82) is 0 Å². The third-order valence-electron chi connectivity index (χ3n) is 2.10. The number of hydrogen-bond acceptors (Lipinski definition) is 4. The Morgan fingerprint density at radius 2 is 2.06 bits per heavy atom. The molecule has 102 valence electrons. The van der Waals surface area contributed by atoms with Crippen LogP contribution >= 0.6 is 0 Å².